The highest BCUT2D eigenvalue weighted by Gasteiger charge is 2.14. The quantitative estimate of drug-likeness (QED) is 0.434. The summed E-state index contributed by atoms with van der Waals surface area (Å²) >= 11 is 0. The maximum absolute atomic E-state index is 12.9. The largest absolute Gasteiger partial charge is 0.485 e. The summed E-state index contributed by atoms with van der Waals surface area (Å²) in [6.45, 7) is 1.88. The highest BCUT2D eigenvalue weighted by Crippen LogP contribution is 2.23. The van der Waals surface area contributed by atoms with Crippen LogP contribution in [0, 0.1) is 12.7 Å². The number of ether oxygens (including phenoxy) is 2. The number of rotatable bonds is 7. The Morgan fingerprint density at radius 1 is 1.14 bits per heavy atom. The van der Waals surface area contributed by atoms with E-state index in [0.717, 1.165) is 22.1 Å². The second-order valence-electron chi connectivity index (χ2n) is 6.44. The van der Waals surface area contributed by atoms with Crippen LogP contribution in [0.5, 0.6) is 5.75 Å². The van der Waals surface area contributed by atoms with E-state index < -0.39 is 5.97 Å². The number of fused-ring (bicyclic) bond motifs is 1. The minimum atomic E-state index is -0.435. The molecular formula is C21H17FN2O5. The fraction of sp³-hybridized carbons (Fsp3) is 0.190. The van der Waals surface area contributed by atoms with Gasteiger partial charge in [-0.1, -0.05) is 17.3 Å². The molecule has 0 atom stereocenters. The van der Waals surface area contributed by atoms with E-state index in [0.29, 0.717) is 5.75 Å². The van der Waals surface area contributed by atoms with Crippen LogP contribution in [0.15, 0.2) is 57.7 Å². The number of benzene rings is 2. The molecule has 0 aliphatic carbocycles. The molecule has 0 bridgehead atoms. The second kappa shape index (κ2) is 8.14. The van der Waals surface area contributed by atoms with Gasteiger partial charge in [0.15, 0.2) is 13.2 Å². The maximum atomic E-state index is 12.9. The third-order valence-electron chi connectivity index (χ3n) is 4.19. The molecule has 0 N–H and O–H groups in total. The van der Waals surface area contributed by atoms with Crippen molar-refractivity contribution in [3.8, 4) is 5.75 Å². The number of hydrogen-bond acceptors (Lipinski definition) is 7. The van der Waals surface area contributed by atoms with Crippen molar-refractivity contribution in [2.24, 2.45) is 0 Å². The summed E-state index contributed by atoms with van der Waals surface area (Å²) in [4.78, 5) is 16.2. The van der Waals surface area contributed by atoms with Crippen LogP contribution in [0.2, 0.25) is 0 Å². The van der Waals surface area contributed by atoms with Crippen LogP contribution in [0.4, 0.5) is 4.39 Å². The minimum Gasteiger partial charge on any atom is -0.485 e. The average Bonchev–Trinajstić information content (AvgIpc) is 3.33. The van der Waals surface area contributed by atoms with E-state index in [2.05, 4.69) is 10.1 Å². The van der Waals surface area contributed by atoms with Gasteiger partial charge in [-0.2, -0.15) is 4.98 Å². The Labute approximate surface area is 165 Å². The summed E-state index contributed by atoms with van der Waals surface area (Å²) in [6, 6.07) is 11.4. The Kier molecular flexibility index (Phi) is 5.24. The first-order valence-corrected chi connectivity index (χ1v) is 8.89. The first-order valence-electron chi connectivity index (χ1n) is 8.89. The van der Waals surface area contributed by atoms with Gasteiger partial charge >= 0.3 is 5.97 Å². The Hall–Kier alpha value is -3.68. The Bertz CT molecular complexity index is 1130. The van der Waals surface area contributed by atoms with Crippen LogP contribution in [0.25, 0.3) is 11.0 Å². The van der Waals surface area contributed by atoms with Crippen molar-refractivity contribution in [2.45, 2.75) is 26.6 Å². The molecule has 148 valence electrons. The average molecular weight is 396 g/mol. The number of hydrogen-bond donors (Lipinski definition) is 0. The fourth-order valence-electron chi connectivity index (χ4n) is 2.76. The van der Waals surface area contributed by atoms with Gasteiger partial charge in [0.1, 0.15) is 17.1 Å². The third kappa shape index (κ3) is 4.60. The van der Waals surface area contributed by atoms with Crippen LogP contribution in [-0.4, -0.2) is 16.1 Å². The first-order chi connectivity index (χ1) is 14.1. The molecular weight excluding hydrogens is 379 g/mol. The minimum absolute atomic E-state index is 0.0451. The zero-order valence-electron chi connectivity index (χ0n) is 15.6. The number of furan rings is 1. The molecule has 0 saturated carbocycles. The summed E-state index contributed by atoms with van der Waals surface area (Å²) in [6.07, 6.45) is 1.63. The molecule has 4 rings (SSSR count). The number of nitrogens with zero attached hydrogens (tertiary/aromatic N) is 2. The number of carbonyl (C=O) groups is 1. The number of aryl methyl sites for hydroxylation is 1. The van der Waals surface area contributed by atoms with Crippen molar-refractivity contribution in [3.63, 3.8) is 0 Å². The summed E-state index contributed by atoms with van der Waals surface area (Å²) in [5, 5.41) is 4.64. The molecule has 29 heavy (non-hydrogen) atoms. The predicted octanol–water partition coefficient (Wildman–Crippen LogP) is 4.13. The van der Waals surface area contributed by atoms with Crippen LogP contribution >= 0.6 is 0 Å². The van der Waals surface area contributed by atoms with E-state index in [9.17, 15) is 9.18 Å². The smallest absolute Gasteiger partial charge is 0.310 e. The molecule has 0 radical (unpaired) electrons. The molecule has 0 aliphatic heterocycles. The molecule has 4 aromatic rings. The zero-order chi connectivity index (χ0) is 20.2. The molecule has 0 saturated heterocycles. The van der Waals surface area contributed by atoms with E-state index in [-0.39, 0.29) is 37.2 Å². The van der Waals surface area contributed by atoms with Crippen LogP contribution in [0.3, 0.4) is 0 Å². The van der Waals surface area contributed by atoms with Gasteiger partial charge in [-0.25, -0.2) is 4.39 Å². The fourth-order valence-corrected chi connectivity index (χ4v) is 2.76. The van der Waals surface area contributed by atoms with E-state index in [1.165, 1.54) is 24.3 Å². The molecule has 0 spiro atoms. The van der Waals surface area contributed by atoms with E-state index in [4.69, 9.17) is 18.4 Å². The zero-order valence-corrected chi connectivity index (χ0v) is 15.6. The summed E-state index contributed by atoms with van der Waals surface area (Å²) in [7, 11) is 0. The van der Waals surface area contributed by atoms with Crippen LogP contribution < -0.4 is 4.74 Å². The molecule has 2 heterocycles. The van der Waals surface area contributed by atoms with Crippen molar-refractivity contribution >= 4 is 16.9 Å². The van der Waals surface area contributed by atoms with Crippen molar-refractivity contribution in [1.82, 2.24) is 10.1 Å². The Morgan fingerprint density at radius 2 is 1.97 bits per heavy atom. The van der Waals surface area contributed by atoms with Gasteiger partial charge in [-0.05, 0) is 42.8 Å². The number of carbonyl (C=O) groups excluding carboxylic acids is 1. The van der Waals surface area contributed by atoms with Gasteiger partial charge in [0, 0.05) is 10.9 Å². The lowest BCUT2D eigenvalue weighted by molar-refractivity contribution is -0.144. The Balaban J connectivity index is 1.28. The first kappa shape index (κ1) is 18.7. The number of esters is 1. The van der Waals surface area contributed by atoms with Gasteiger partial charge in [0.2, 0.25) is 5.82 Å². The maximum Gasteiger partial charge on any atom is 0.310 e. The van der Waals surface area contributed by atoms with E-state index >= 15 is 0 Å². The third-order valence-corrected chi connectivity index (χ3v) is 4.19. The molecule has 0 fully saturated rings. The molecule has 0 amide bonds. The molecule has 2 aromatic heterocycles. The van der Waals surface area contributed by atoms with E-state index in [1.54, 1.807) is 6.26 Å². The lowest BCUT2D eigenvalue weighted by Gasteiger charge is -2.02. The van der Waals surface area contributed by atoms with Crippen LogP contribution in [0.1, 0.15) is 22.8 Å². The summed E-state index contributed by atoms with van der Waals surface area (Å²) in [5.74, 6) is 0.141. The highest BCUT2D eigenvalue weighted by atomic mass is 19.1. The molecule has 7 nitrogen and oxygen atoms in total. The molecule has 8 heteroatoms. The monoisotopic (exact) mass is 396 g/mol. The molecule has 0 unspecified atom stereocenters. The van der Waals surface area contributed by atoms with Crippen molar-refractivity contribution in [3.05, 3.63) is 77.4 Å². The van der Waals surface area contributed by atoms with Crippen molar-refractivity contribution in [1.29, 1.82) is 0 Å². The number of halogens is 1. The predicted molar refractivity (Wildman–Crippen MR) is 99.5 cm³/mol. The van der Waals surface area contributed by atoms with Gasteiger partial charge in [-0.15, -0.1) is 0 Å². The topological polar surface area (TPSA) is 87.6 Å². The van der Waals surface area contributed by atoms with Gasteiger partial charge < -0.3 is 18.4 Å². The Morgan fingerprint density at radius 3 is 2.79 bits per heavy atom. The van der Waals surface area contributed by atoms with Crippen LogP contribution in [-0.2, 0) is 29.2 Å². The van der Waals surface area contributed by atoms with Crippen molar-refractivity contribution in [2.75, 3.05) is 0 Å². The normalized spacial score (nSPS) is 11.0. The summed E-state index contributed by atoms with van der Waals surface area (Å²) < 4.78 is 34.0. The molecule has 0 aliphatic rings. The highest BCUT2D eigenvalue weighted by molar-refractivity contribution is 5.86. The number of aromatic nitrogens is 2. The summed E-state index contributed by atoms with van der Waals surface area (Å²) in [5.41, 5.74) is 2.57. The second-order valence-corrected chi connectivity index (χ2v) is 6.44. The lowest BCUT2D eigenvalue weighted by atomic mass is 10.1. The standard InChI is InChI=1S/C21H17FN2O5/c1-13-2-7-17-14(10-27-18(17)8-13)9-21(25)28-12-20-23-19(24-29-20)11-26-16-5-3-15(22)4-6-16/h2-8,10H,9,11-12H2,1H3. The van der Waals surface area contributed by atoms with Crippen molar-refractivity contribution < 1.29 is 27.6 Å². The lowest BCUT2D eigenvalue weighted by Crippen LogP contribution is -2.08. The van der Waals surface area contributed by atoms with E-state index in [1.807, 2.05) is 25.1 Å². The molecule has 2 aromatic carbocycles. The van der Waals surface area contributed by atoms with Gasteiger partial charge in [0.05, 0.1) is 12.7 Å². The SMILES string of the molecule is Cc1ccc2c(CC(=O)OCc3nc(COc4ccc(F)cc4)no3)coc2c1. The van der Waals surface area contributed by atoms with Gasteiger partial charge in [-0.3, -0.25) is 4.79 Å². The van der Waals surface area contributed by atoms with Gasteiger partial charge in [0.25, 0.3) is 5.89 Å².